The van der Waals surface area contributed by atoms with E-state index >= 15 is 0 Å². The quantitative estimate of drug-likeness (QED) is 0.639. The van der Waals surface area contributed by atoms with Crippen LogP contribution in [0.2, 0.25) is 0 Å². The summed E-state index contributed by atoms with van der Waals surface area (Å²) in [5, 5.41) is 11.1. The summed E-state index contributed by atoms with van der Waals surface area (Å²) >= 11 is 0. The maximum Gasteiger partial charge on any atom is 0.419 e. The molecular formula is C21H23F5N4O3S. The first kappa shape index (κ1) is 24.7. The SMILES string of the molecule is O=S1(=O)CCC(C(O)N2CCN(c3ncc(C(F)(F)F)cn3)CC2c2cccc(F)c2F)CC1. The van der Waals surface area contributed by atoms with Gasteiger partial charge in [-0.05, 0) is 18.9 Å². The molecule has 1 aromatic carbocycles. The van der Waals surface area contributed by atoms with Crippen molar-refractivity contribution in [3.63, 3.8) is 0 Å². The van der Waals surface area contributed by atoms with E-state index in [4.69, 9.17) is 0 Å². The standard InChI is InChI=1S/C21H23F5N4O3S/c22-16-3-1-2-15(18(16)23)17-12-29(20-27-10-14(11-28-20)21(24,25)26)6-7-30(17)19(31)13-4-8-34(32,33)9-5-13/h1-3,10-11,13,17,19,31H,4-9,12H2. The van der Waals surface area contributed by atoms with Gasteiger partial charge in [0.15, 0.2) is 11.6 Å². The van der Waals surface area contributed by atoms with Gasteiger partial charge in [0.2, 0.25) is 5.95 Å². The van der Waals surface area contributed by atoms with Crippen molar-refractivity contribution in [1.82, 2.24) is 14.9 Å². The highest BCUT2D eigenvalue weighted by atomic mass is 32.2. The number of halogens is 5. The molecule has 0 spiro atoms. The van der Waals surface area contributed by atoms with E-state index in [0.717, 1.165) is 6.07 Å². The maximum atomic E-state index is 14.7. The molecule has 2 aliphatic heterocycles. The zero-order valence-corrected chi connectivity index (χ0v) is 18.7. The molecule has 2 aromatic rings. The molecule has 186 valence electrons. The van der Waals surface area contributed by atoms with Crippen LogP contribution in [0, 0.1) is 17.6 Å². The second-order valence-electron chi connectivity index (χ2n) is 8.52. The highest BCUT2D eigenvalue weighted by Gasteiger charge is 2.40. The largest absolute Gasteiger partial charge is 0.419 e. The molecule has 13 heteroatoms. The number of sulfone groups is 1. The number of benzene rings is 1. The van der Waals surface area contributed by atoms with Crippen molar-refractivity contribution < 1.29 is 35.5 Å². The van der Waals surface area contributed by atoms with Crippen molar-refractivity contribution in [1.29, 1.82) is 0 Å². The summed E-state index contributed by atoms with van der Waals surface area (Å²) in [7, 11) is -3.16. The molecule has 2 fully saturated rings. The lowest BCUT2D eigenvalue weighted by Crippen LogP contribution is -2.55. The van der Waals surface area contributed by atoms with Crippen LogP contribution in [0.4, 0.5) is 27.9 Å². The van der Waals surface area contributed by atoms with Crippen LogP contribution in [0.3, 0.4) is 0 Å². The fraction of sp³-hybridized carbons (Fsp3) is 0.524. The molecule has 0 amide bonds. The Kier molecular flexibility index (Phi) is 6.80. The summed E-state index contributed by atoms with van der Waals surface area (Å²) < 4.78 is 90.8. The van der Waals surface area contributed by atoms with E-state index in [1.165, 1.54) is 12.1 Å². The van der Waals surface area contributed by atoms with Crippen LogP contribution in [-0.2, 0) is 16.0 Å². The van der Waals surface area contributed by atoms with E-state index in [1.807, 2.05) is 0 Å². The van der Waals surface area contributed by atoms with Crippen molar-refractivity contribution in [2.75, 3.05) is 36.0 Å². The zero-order chi connectivity index (χ0) is 24.7. The summed E-state index contributed by atoms with van der Waals surface area (Å²) in [6.07, 6.45) is -3.91. The van der Waals surface area contributed by atoms with Gasteiger partial charge in [-0.3, -0.25) is 4.90 Å². The lowest BCUT2D eigenvalue weighted by Gasteiger charge is -2.46. The van der Waals surface area contributed by atoms with Gasteiger partial charge in [-0.2, -0.15) is 13.2 Å². The number of anilines is 1. The summed E-state index contributed by atoms with van der Waals surface area (Å²) in [5.41, 5.74) is -1.04. The van der Waals surface area contributed by atoms with Crippen LogP contribution in [0.5, 0.6) is 0 Å². The van der Waals surface area contributed by atoms with Crippen molar-refractivity contribution in [3.8, 4) is 0 Å². The first-order valence-corrected chi connectivity index (χ1v) is 12.5. The zero-order valence-electron chi connectivity index (χ0n) is 17.9. The number of aromatic nitrogens is 2. The maximum absolute atomic E-state index is 14.7. The second kappa shape index (κ2) is 9.34. The van der Waals surface area contributed by atoms with Gasteiger partial charge in [-0.1, -0.05) is 12.1 Å². The molecule has 0 saturated carbocycles. The molecule has 0 bridgehead atoms. The van der Waals surface area contributed by atoms with Crippen LogP contribution in [0.15, 0.2) is 30.6 Å². The van der Waals surface area contributed by atoms with Crippen LogP contribution in [-0.4, -0.2) is 65.8 Å². The molecule has 0 aliphatic carbocycles. The van der Waals surface area contributed by atoms with Gasteiger partial charge in [0.1, 0.15) is 16.1 Å². The van der Waals surface area contributed by atoms with Crippen LogP contribution < -0.4 is 4.90 Å². The highest BCUT2D eigenvalue weighted by molar-refractivity contribution is 7.91. The smallest absolute Gasteiger partial charge is 0.378 e. The van der Waals surface area contributed by atoms with E-state index in [0.29, 0.717) is 12.4 Å². The number of hydrogen-bond donors (Lipinski definition) is 1. The number of alkyl halides is 3. The third-order valence-corrected chi connectivity index (χ3v) is 8.09. The molecule has 7 nitrogen and oxygen atoms in total. The van der Waals surface area contributed by atoms with Crippen molar-refractivity contribution in [2.24, 2.45) is 5.92 Å². The molecule has 1 N–H and O–H groups in total. The van der Waals surface area contributed by atoms with E-state index in [9.17, 15) is 35.5 Å². The Balaban J connectivity index is 1.61. The number of nitrogens with zero attached hydrogens (tertiary/aromatic N) is 4. The second-order valence-corrected chi connectivity index (χ2v) is 10.8. The molecule has 1 aromatic heterocycles. The summed E-state index contributed by atoms with van der Waals surface area (Å²) in [5.74, 6) is -2.67. The average Bonchev–Trinajstić information content (AvgIpc) is 2.79. The summed E-state index contributed by atoms with van der Waals surface area (Å²) in [4.78, 5) is 10.7. The van der Waals surface area contributed by atoms with Gasteiger partial charge < -0.3 is 10.0 Å². The molecule has 3 heterocycles. The molecule has 2 atom stereocenters. The lowest BCUT2D eigenvalue weighted by atomic mass is 9.95. The minimum Gasteiger partial charge on any atom is -0.378 e. The number of hydrogen-bond acceptors (Lipinski definition) is 7. The first-order valence-electron chi connectivity index (χ1n) is 10.7. The van der Waals surface area contributed by atoms with Gasteiger partial charge in [-0.15, -0.1) is 0 Å². The molecule has 0 radical (unpaired) electrons. The van der Waals surface area contributed by atoms with E-state index < -0.39 is 45.5 Å². The Hall–Kier alpha value is -2.38. The number of piperazine rings is 1. The molecule has 34 heavy (non-hydrogen) atoms. The van der Waals surface area contributed by atoms with Gasteiger partial charge in [0.25, 0.3) is 0 Å². The van der Waals surface area contributed by atoms with Crippen molar-refractivity contribution in [3.05, 3.63) is 53.4 Å². The van der Waals surface area contributed by atoms with E-state index in [1.54, 1.807) is 9.80 Å². The predicted octanol–water partition coefficient (Wildman–Crippen LogP) is 2.78. The Morgan fingerprint density at radius 3 is 2.32 bits per heavy atom. The van der Waals surface area contributed by atoms with Crippen molar-refractivity contribution in [2.45, 2.75) is 31.3 Å². The summed E-state index contributed by atoms with van der Waals surface area (Å²) in [6, 6.07) is 2.80. The normalized spacial score (nSPS) is 23.1. The first-order chi connectivity index (χ1) is 16.0. The monoisotopic (exact) mass is 506 g/mol. The minimum absolute atomic E-state index is 0.00675. The van der Waals surface area contributed by atoms with Crippen LogP contribution in [0.25, 0.3) is 0 Å². The van der Waals surface area contributed by atoms with Crippen LogP contribution in [0.1, 0.15) is 30.0 Å². The average molecular weight is 506 g/mol. The van der Waals surface area contributed by atoms with Crippen LogP contribution >= 0.6 is 0 Å². The molecule has 2 saturated heterocycles. The fourth-order valence-electron chi connectivity index (χ4n) is 4.46. The minimum atomic E-state index is -4.60. The Bertz CT molecular complexity index is 1120. The lowest BCUT2D eigenvalue weighted by molar-refractivity contribution is -0.138. The number of rotatable bonds is 4. The highest BCUT2D eigenvalue weighted by Crippen LogP contribution is 2.35. The Labute approximate surface area is 193 Å². The molecule has 4 rings (SSSR count). The van der Waals surface area contributed by atoms with Gasteiger partial charge >= 0.3 is 6.18 Å². The van der Waals surface area contributed by atoms with Gasteiger partial charge in [0, 0.05) is 43.5 Å². The number of aliphatic hydroxyl groups excluding tert-OH is 1. The van der Waals surface area contributed by atoms with E-state index in [2.05, 4.69) is 9.97 Å². The topological polar surface area (TPSA) is 86.6 Å². The van der Waals surface area contributed by atoms with Gasteiger partial charge in [-0.25, -0.2) is 27.2 Å². The van der Waals surface area contributed by atoms with E-state index in [-0.39, 0.29) is 61.4 Å². The molecular weight excluding hydrogens is 483 g/mol. The Morgan fingerprint density at radius 2 is 1.71 bits per heavy atom. The third kappa shape index (κ3) is 5.15. The summed E-state index contributed by atoms with van der Waals surface area (Å²) in [6.45, 7) is 0.337. The third-order valence-electron chi connectivity index (χ3n) is 6.37. The number of aliphatic hydroxyl groups is 1. The predicted molar refractivity (Wildman–Crippen MR) is 112 cm³/mol. The molecule has 2 unspecified atom stereocenters. The van der Waals surface area contributed by atoms with Gasteiger partial charge in [0.05, 0.1) is 23.1 Å². The fourth-order valence-corrected chi connectivity index (χ4v) is 5.99. The molecule has 2 aliphatic rings. The van der Waals surface area contributed by atoms with Crippen molar-refractivity contribution >= 4 is 15.8 Å². The Morgan fingerprint density at radius 1 is 1.06 bits per heavy atom.